The van der Waals surface area contributed by atoms with E-state index in [0.717, 1.165) is 11.3 Å². The van der Waals surface area contributed by atoms with Crippen LogP contribution in [0, 0.1) is 6.92 Å². The Balaban J connectivity index is 1.85. The second kappa shape index (κ2) is 7.68. The molecule has 7 heteroatoms. The number of aryl methyl sites for hydroxylation is 1. The number of benzene rings is 1. The lowest BCUT2D eigenvalue weighted by atomic mass is 10.1. The molecular formula is C20H25N3O3S. The predicted octanol–water partition coefficient (Wildman–Crippen LogP) is 2.81. The molecule has 1 amide bonds. The average molecular weight is 388 g/mol. The van der Waals surface area contributed by atoms with Crippen molar-refractivity contribution in [3.63, 3.8) is 0 Å². The molecule has 1 fully saturated rings. The zero-order chi connectivity index (χ0) is 19.6. The van der Waals surface area contributed by atoms with Crippen molar-refractivity contribution >= 4 is 27.2 Å². The van der Waals surface area contributed by atoms with Gasteiger partial charge >= 0.3 is 0 Å². The number of amides is 1. The standard InChI is InChI=1S/C20H25N3O3S/c1-4-23(17-7-5-6-15(2)12-17)19-13-16(8-10-21-19)20(24)22(3)18-9-11-27(25,26)14-18/h5-8,10,12-13,18H,4,9,11,14H2,1-3H3. The fraction of sp³-hybridized carbons (Fsp3) is 0.400. The quantitative estimate of drug-likeness (QED) is 0.789. The highest BCUT2D eigenvalue weighted by Crippen LogP contribution is 2.25. The fourth-order valence-electron chi connectivity index (χ4n) is 3.42. The van der Waals surface area contributed by atoms with E-state index in [0.29, 0.717) is 24.3 Å². The molecule has 1 aromatic carbocycles. The number of anilines is 2. The van der Waals surface area contributed by atoms with Crippen molar-refractivity contribution in [3.05, 3.63) is 53.7 Å². The number of hydrogen-bond acceptors (Lipinski definition) is 5. The van der Waals surface area contributed by atoms with Crippen molar-refractivity contribution in [1.82, 2.24) is 9.88 Å². The maximum atomic E-state index is 12.9. The van der Waals surface area contributed by atoms with Gasteiger partial charge in [0.15, 0.2) is 9.84 Å². The molecule has 1 aliphatic heterocycles. The maximum absolute atomic E-state index is 12.9. The summed E-state index contributed by atoms with van der Waals surface area (Å²) in [5.41, 5.74) is 2.68. The Morgan fingerprint density at radius 3 is 2.67 bits per heavy atom. The van der Waals surface area contributed by atoms with Gasteiger partial charge in [0.1, 0.15) is 5.82 Å². The van der Waals surface area contributed by atoms with Gasteiger partial charge in [-0.25, -0.2) is 13.4 Å². The third-order valence-corrected chi connectivity index (χ3v) is 6.73. The lowest BCUT2D eigenvalue weighted by Crippen LogP contribution is -2.37. The number of hydrogen-bond donors (Lipinski definition) is 0. The number of carbonyl (C=O) groups excluding carboxylic acids is 1. The van der Waals surface area contributed by atoms with E-state index in [2.05, 4.69) is 11.1 Å². The molecule has 0 bridgehead atoms. The van der Waals surface area contributed by atoms with Crippen molar-refractivity contribution in [3.8, 4) is 0 Å². The topological polar surface area (TPSA) is 70.6 Å². The number of carbonyl (C=O) groups is 1. The third-order valence-electron chi connectivity index (χ3n) is 4.98. The van der Waals surface area contributed by atoms with E-state index < -0.39 is 9.84 Å². The van der Waals surface area contributed by atoms with Gasteiger partial charge in [0, 0.05) is 37.1 Å². The summed E-state index contributed by atoms with van der Waals surface area (Å²) in [6, 6.07) is 11.3. The van der Waals surface area contributed by atoms with Crippen LogP contribution in [0.2, 0.25) is 0 Å². The van der Waals surface area contributed by atoms with Crippen molar-refractivity contribution in [2.45, 2.75) is 26.3 Å². The van der Waals surface area contributed by atoms with E-state index >= 15 is 0 Å². The van der Waals surface area contributed by atoms with Crippen molar-refractivity contribution in [2.75, 3.05) is 30.0 Å². The number of aromatic nitrogens is 1. The molecule has 3 rings (SSSR count). The van der Waals surface area contributed by atoms with E-state index in [1.807, 2.05) is 36.9 Å². The fourth-order valence-corrected chi connectivity index (χ4v) is 5.20. The van der Waals surface area contributed by atoms with Gasteiger partial charge in [0.2, 0.25) is 0 Å². The van der Waals surface area contributed by atoms with Crippen LogP contribution in [-0.4, -0.2) is 55.3 Å². The van der Waals surface area contributed by atoms with E-state index in [1.165, 1.54) is 0 Å². The Hall–Kier alpha value is -2.41. The van der Waals surface area contributed by atoms with Crippen LogP contribution < -0.4 is 4.90 Å². The number of sulfone groups is 1. The minimum Gasteiger partial charge on any atom is -0.338 e. The lowest BCUT2D eigenvalue weighted by molar-refractivity contribution is 0.0747. The summed E-state index contributed by atoms with van der Waals surface area (Å²) >= 11 is 0. The summed E-state index contributed by atoms with van der Waals surface area (Å²) in [6.45, 7) is 4.79. The zero-order valence-corrected chi connectivity index (χ0v) is 16.7. The minimum absolute atomic E-state index is 0.0392. The molecule has 0 saturated carbocycles. The molecule has 144 valence electrons. The molecule has 0 spiro atoms. The summed E-state index contributed by atoms with van der Waals surface area (Å²) in [4.78, 5) is 20.9. The Labute approximate surface area is 160 Å². The monoisotopic (exact) mass is 387 g/mol. The number of nitrogens with zero attached hydrogens (tertiary/aromatic N) is 3. The first kappa shape index (κ1) is 19.4. The molecule has 1 saturated heterocycles. The average Bonchev–Trinajstić information content (AvgIpc) is 3.01. The van der Waals surface area contributed by atoms with Crippen LogP contribution in [0.25, 0.3) is 0 Å². The van der Waals surface area contributed by atoms with Crippen molar-refractivity contribution in [1.29, 1.82) is 0 Å². The molecule has 1 atom stereocenters. The van der Waals surface area contributed by atoms with Gasteiger partial charge in [-0.15, -0.1) is 0 Å². The van der Waals surface area contributed by atoms with Gasteiger partial charge in [-0.2, -0.15) is 0 Å². The van der Waals surface area contributed by atoms with Crippen molar-refractivity contribution in [2.24, 2.45) is 0 Å². The largest absolute Gasteiger partial charge is 0.338 e. The van der Waals surface area contributed by atoms with Gasteiger partial charge in [-0.3, -0.25) is 4.79 Å². The van der Waals surface area contributed by atoms with Crippen LogP contribution in [0.3, 0.4) is 0 Å². The van der Waals surface area contributed by atoms with Crippen LogP contribution >= 0.6 is 0 Å². The molecule has 0 radical (unpaired) electrons. The molecule has 0 aliphatic carbocycles. The Morgan fingerprint density at radius 2 is 2.04 bits per heavy atom. The van der Waals surface area contributed by atoms with Gasteiger partial charge in [-0.05, 0) is 50.1 Å². The predicted molar refractivity (Wildman–Crippen MR) is 107 cm³/mol. The van der Waals surface area contributed by atoms with Gasteiger partial charge < -0.3 is 9.80 Å². The van der Waals surface area contributed by atoms with Crippen LogP contribution in [0.5, 0.6) is 0 Å². The highest BCUT2D eigenvalue weighted by atomic mass is 32.2. The summed E-state index contributed by atoms with van der Waals surface area (Å²) in [5.74, 6) is 0.702. The van der Waals surface area contributed by atoms with Gasteiger partial charge in [0.25, 0.3) is 5.91 Å². The normalized spacial score (nSPS) is 18.3. The first-order chi connectivity index (χ1) is 12.8. The van der Waals surface area contributed by atoms with Crippen LogP contribution in [-0.2, 0) is 9.84 Å². The Kier molecular flexibility index (Phi) is 5.51. The second-order valence-electron chi connectivity index (χ2n) is 6.96. The number of rotatable bonds is 5. The molecule has 27 heavy (non-hydrogen) atoms. The minimum atomic E-state index is -3.04. The summed E-state index contributed by atoms with van der Waals surface area (Å²) in [6.07, 6.45) is 2.12. The number of pyridine rings is 1. The highest BCUT2D eigenvalue weighted by Gasteiger charge is 2.33. The van der Waals surface area contributed by atoms with Gasteiger partial charge in [-0.1, -0.05) is 12.1 Å². The molecular weight excluding hydrogens is 362 g/mol. The lowest BCUT2D eigenvalue weighted by Gasteiger charge is -2.25. The van der Waals surface area contributed by atoms with Gasteiger partial charge in [0.05, 0.1) is 11.5 Å². The summed E-state index contributed by atoms with van der Waals surface area (Å²) < 4.78 is 23.4. The third kappa shape index (κ3) is 4.30. The van der Waals surface area contributed by atoms with E-state index in [9.17, 15) is 13.2 Å². The van der Waals surface area contributed by atoms with Crippen LogP contribution in [0.1, 0.15) is 29.3 Å². The Bertz CT molecular complexity index is 943. The van der Waals surface area contributed by atoms with Crippen molar-refractivity contribution < 1.29 is 13.2 Å². The first-order valence-corrected chi connectivity index (χ1v) is 10.9. The molecule has 2 aromatic rings. The molecule has 6 nitrogen and oxygen atoms in total. The Morgan fingerprint density at radius 1 is 1.26 bits per heavy atom. The molecule has 1 unspecified atom stereocenters. The maximum Gasteiger partial charge on any atom is 0.254 e. The van der Waals surface area contributed by atoms with Crippen LogP contribution in [0.15, 0.2) is 42.6 Å². The SMILES string of the molecule is CCN(c1cccc(C)c1)c1cc(C(=O)N(C)C2CCS(=O)(=O)C2)ccn1. The molecule has 1 aromatic heterocycles. The van der Waals surface area contributed by atoms with E-state index in [-0.39, 0.29) is 23.5 Å². The van der Waals surface area contributed by atoms with E-state index in [4.69, 9.17) is 0 Å². The van der Waals surface area contributed by atoms with E-state index in [1.54, 1.807) is 30.3 Å². The molecule has 0 N–H and O–H groups in total. The highest BCUT2D eigenvalue weighted by molar-refractivity contribution is 7.91. The zero-order valence-electron chi connectivity index (χ0n) is 15.9. The first-order valence-electron chi connectivity index (χ1n) is 9.08. The smallest absolute Gasteiger partial charge is 0.254 e. The molecule has 2 heterocycles. The summed E-state index contributed by atoms with van der Waals surface area (Å²) in [7, 11) is -1.36. The summed E-state index contributed by atoms with van der Waals surface area (Å²) in [5, 5.41) is 0. The van der Waals surface area contributed by atoms with Crippen LogP contribution in [0.4, 0.5) is 11.5 Å². The molecule has 1 aliphatic rings. The second-order valence-corrected chi connectivity index (χ2v) is 9.19.